The van der Waals surface area contributed by atoms with Crippen LogP contribution in [0.4, 0.5) is 0 Å². The van der Waals surface area contributed by atoms with E-state index in [4.69, 9.17) is 5.11 Å². The van der Waals surface area contributed by atoms with Gasteiger partial charge in [0, 0.05) is 12.5 Å². The summed E-state index contributed by atoms with van der Waals surface area (Å²) in [6, 6.07) is 6.93. The molecule has 4 heteroatoms. The van der Waals surface area contributed by atoms with E-state index < -0.39 is 5.97 Å². The fourth-order valence-corrected chi connectivity index (χ4v) is 4.98. The summed E-state index contributed by atoms with van der Waals surface area (Å²) in [7, 11) is 0. The van der Waals surface area contributed by atoms with Crippen molar-refractivity contribution in [3.05, 3.63) is 35.4 Å². The summed E-state index contributed by atoms with van der Waals surface area (Å²) < 4.78 is 0. The van der Waals surface area contributed by atoms with Crippen molar-refractivity contribution in [1.29, 1.82) is 0 Å². The van der Waals surface area contributed by atoms with Crippen LogP contribution in [-0.2, 0) is 11.2 Å². The van der Waals surface area contributed by atoms with Crippen molar-refractivity contribution in [2.24, 2.45) is 29.6 Å². The molecule has 0 aromatic heterocycles. The number of rotatable bonds is 5. The predicted octanol–water partition coefficient (Wildman–Crippen LogP) is 2.34. The molecule has 3 aliphatic rings. The monoisotopic (exact) mass is 299 g/mol. The van der Waals surface area contributed by atoms with E-state index in [0.717, 1.165) is 17.4 Å². The van der Waals surface area contributed by atoms with E-state index in [1.165, 1.54) is 19.3 Å². The molecule has 22 heavy (non-hydrogen) atoms. The topological polar surface area (TPSA) is 66.4 Å². The zero-order chi connectivity index (χ0) is 15.3. The summed E-state index contributed by atoms with van der Waals surface area (Å²) in [4.78, 5) is 23.2. The third-order valence-corrected chi connectivity index (χ3v) is 5.92. The van der Waals surface area contributed by atoms with Gasteiger partial charge in [-0.1, -0.05) is 12.1 Å². The highest BCUT2D eigenvalue weighted by Gasteiger charge is 2.67. The van der Waals surface area contributed by atoms with Gasteiger partial charge >= 0.3 is 5.97 Å². The molecule has 0 radical (unpaired) electrons. The summed E-state index contributed by atoms with van der Waals surface area (Å²) in [6.45, 7) is 0.590. The Morgan fingerprint density at radius 3 is 2.59 bits per heavy atom. The first-order valence-electron chi connectivity index (χ1n) is 8.25. The second kappa shape index (κ2) is 5.11. The van der Waals surface area contributed by atoms with Crippen LogP contribution in [0.5, 0.6) is 0 Å². The lowest BCUT2D eigenvalue weighted by Crippen LogP contribution is -2.29. The molecular weight excluding hydrogens is 278 g/mol. The number of nitrogens with one attached hydrogen (secondary N) is 1. The second-order valence-corrected chi connectivity index (χ2v) is 7.06. The number of aromatic carboxylic acids is 1. The number of carboxylic acids is 1. The van der Waals surface area contributed by atoms with E-state index in [1.54, 1.807) is 18.2 Å². The van der Waals surface area contributed by atoms with E-state index in [0.29, 0.717) is 30.4 Å². The lowest BCUT2D eigenvalue weighted by Gasteiger charge is -2.10. The van der Waals surface area contributed by atoms with Gasteiger partial charge in [0.05, 0.1) is 5.56 Å². The molecule has 0 aliphatic heterocycles. The molecule has 3 aliphatic carbocycles. The Morgan fingerprint density at radius 1 is 1.18 bits per heavy atom. The number of amides is 1. The van der Waals surface area contributed by atoms with E-state index in [-0.39, 0.29) is 11.8 Å². The number of carbonyl (C=O) groups is 2. The summed E-state index contributed by atoms with van der Waals surface area (Å²) in [5.41, 5.74) is 1.26. The Hall–Kier alpha value is -1.84. The zero-order valence-electron chi connectivity index (χ0n) is 12.5. The first-order valence-corrected chi connectivity index (χ1v) is 8.25. The number of hydrogen-bond donors (Lipinski definition) is 2. The van der Waals surface area contributed by atoms with Crippen LogP contribution in [0, 0.1) is 29.6 Å². The predicted molar refractivity (Wildman–Crippen MR) is 81.4 cm³/mol. The van der Waals surface area contributed by atoms with Gasteiger partial charge < -0.3 is 10.4 Å². The van der Waals surface area contributed by atoms with Crippen LogP contribution in [0.15, 0.2) is 24.3 Å². The third-order valence-electron chi connectivity index (χ3n) is 5.92. The van der Waals surface area contributed by atoms with Crippen molar-refractivity contribution in [2.75, 3.05) is 6.54 Å². The maximum absolute atomic E-state index is 12.3. The Balaban J connectivity index is 1.28. The minimum Gasteiger partial charge on any atom is -0.478 e. The van der Waals surface area contributed by atoms with Gasteiger partial charge in [0.25, 0.3) is 0 Å². The Morgan fingerprint density at radius 2 is 1.91 bits per heavy atom. The first kappa shape index (κ1) is 13.8. The fourth-order valence-electron chi connectivity index (χ4n) is 4.98. The molecule has 0 heterocycles. The molecular formula is C18H21NO3. The Kier molecular flexibility index (Phi) is 3.21. The molecule has 4 nitrogen and oxygen atoms in total. The molecule has 1 amide bonds. The summed E-state index contributed by atoms with van der Waals surface area (Å²) in [5, 5.41) is 12.0. The molecule has 116 valence electrons. The fraction of sp³-hybridized carbons (Fsp3) is 0.556. The third kappa shape index (κ3) is 2.21. The van der Waals surface area contributed by atoms with Crippen molar-refractivity contribution in [1.82, 2.24) is 5.32 Å². The number of carbonyl (C=O) groups excluding carboxylic acids is 1. The van der Waals surface area contributed by atoms with Crippen molar-refractivity contribution in [3.8, 4) is 0 Å². The van der Waals surface area contributed by atoms with Gasteiger partial charge in [-0.2, -0.15) is 0 Å². The normalized spacial score (nSPS) is 34.3. The number of carboxylic acid groups (broad SMARTS) is 1. The molecule has 1 aromatic rings. The van der Waals surface area contributed by atoms with Crippen molar-refractivity contribution < 1.29 is 14.7 Å². The van der Waals surface area contributed by atoms with Crippen LogP contribution >= 0.6 is 0 Å². The minimum absolute atomic E-state index is 0.223. The quantitative estimate of drug-likeness (QED) is 0.877. The molecule has 3 saturated carbocycles. The number of hydrogen-bond acceptors (Lipinski definition) is 2. The van der Waals surface area contributed by atoms with E-state index in [2.05, 4.69) is 5.32 Å². The summed E-state index contributed by atoms with van der Waals surface area (Å²) in [5.74, 6) is 2.57. The van der Waals surface area contributed by atoms with Crippen molar-refractivity contribution >= 4 is 11.9 Å². The molecule has 2 bridgehead atoms. The average Bonchev–Trinajstić information content (AvgIpc) is 2.96. The molecule has 4 atom stereocenters. The summed E-state index contributed by atoms with van der Waals surface area (Å²) >= 11 is 0. The van der Waals surface area contributed by atoms with Crippen LogP contribution in [-0.4, -0.2) is 23.5 Å². The van der Waals surface area contributed by atoms with Crippen LogP contribution in [0.25, 0.3) is 0 Å². The highest BCUT2D eigenvalue weighted by atomic mass is 16.4. The Labute approximate surface area is 129 Å². The van der Waals surface area contributed by atoms with Gasteiger partial charge in [-0.25, -0.2) is 4.79 Å². The smallest absolute Gasteiger partial charge is 0.335 e. The van der Waals surface area contributed by atoms with Gasteiger partial charge in [-0.15, -0.1) is 0 Å². The second-order valence-electron chi connectivity index (χ2n) is 7.06. The Bertz CT molecular complexity index is 611. The number of benzene rings is 1. The van der Waals surface area contributed by atoms with Crippen molar-refractivity contribution in [3.63, 3.8) is 0 Å². The highest BCUT2D eigenvalue weighted by molar-refractivity contribution is 5.87. The van der Waals surface area contributed by atoms with Gasteiger partial charge in [-0.3, -0.25) is 4.79 Å². The standard InChI is InChI=1S/C18H21NO3/c20-17(16-14-11-4-5-12(9-11)15(14)16)19-7-6-10-2-1-3-13(8-10)18(21)22/h1-3,8,11-12,14-16H,4-7,9H2,(H,19,20)(H,21,22). The lowest BCUT2D eigenvalue weighted by molar-refractivity contribution is -0.123. The van der Waals surface area contributed by atoms with E-state index >= 15 is 0 Å². The minimum atomic E-state index is -0.910. The van der Waals surface area contributed by atoms with Gasteiger partial charge in [0.1, 0.15) is 0 Å². The first-order chi connectivity index (χ1) is 10.6. The van der Waals surface area contributed by atoms with E-state index in [1.807, 2.05) is 6.07 Å². The van der Waals surface area contributed by atoms with Crippen LogP contribution in [0.3, 0.4) is 0 Å². The van der Waals surface area contributed by atoms with E-state index in [9.17, 15) is 9.59 Å². The maximum Gasteiger partial charge on any atom is 0.335 e. The molecule has 3 fully saturated rings. The molecule has 0 spiro atoms. The van der Waals surface area contributed by atoms with Gasteiger partial charge in [0.15, 0.2) is 0 Å². The maximum atomic E-state index is 12.3. The molecule has 4 rings (SSSR count). The van der Waals surface area contributed by atoms with Gasteiger partial charge in [0.2, 0.25) is 5.91 Å². The highest BCUT2D eigenvalue weighted by Crippen LogP contribution is 2.69. The number of fused-ring (bicyclic) bond motifs is 5. The summed E-state index contributed by atoms with van der Waals surface area (Å²) in [6.07, 6.45) is 4.71. The lowest BCUT2D eigenvalue weighted by atomic mass is 10.0. The van der Waals surface area contributed by atoms with Gasteiger partial charge in [-0.05, 0) is 67.1 Å². The van der Waals surface area contributed by atoms with Crippen LogP contribution < -0.4 is 5.32 Å². The zero-order valence-corrected chi connectivity index (χ0v) is 12.5. The molecule has 4 unspecified atom stereocenters. The largest absolute Gasteiger partial charge is 0.478 e. The van der Waals surface area contributed by atoms with Crippen LogP contribution in [0.2, 0.25) is 0 Å². The molecule has 0 saturated heterocycles. The molecule has 2 N–H and O–H groups in total. The SMILES string of the molecule is O=C(O)c1cccc(CCNC(=O)C2C3C4CCC(C4)C23)c1. The van der Waals surface area contributed by atoms with Crippen molar-refractivity contribution in [2.45, 2.75) is 25.7 Å². The molecule has 1 aromatic carbocycles. The average molecular weight is 299 g/mol. The van der Waals surface area contributed by atoms with Crippen LogP contribution in [0.1, 0.15) is 35.2 Å².